The maximum Gasteiger partial charge on any atom is 0.109 e. The van der Waals surface area contributed by atoms with E-state index < -0.39 is 0 Å². The monoisotopic (exact) mass is 218 g/mol. The number of hydrogen-bond donors (Lipinski definition) is 0. The highest BCUT2D eigenvalue weighted by Gasteiger charge is 2.17. The van der Waals surface area contributed by atoms with E-state index in [1.807, 2.05) is 0 Å². The van der Waals surface area contributed by atoms with Crippen LogP contribution in [-0.2, 0) is 13.0 Å². The van der Waals surface area contributed by atoms with Crippen molar-refractivity contribution in [2.24, 2.45) is 5.92 Å². The predicted molar refractivity (Wildman–Crippen MR) is 63.0 cm³/mol. The zero-order valence-electron chi connectivity index (χ0n) is 8.81. The fraction of sp³-hybridized carbons (Fsp3) is 0.417. The van der Waals surface area contributed by atoms with Crippen molar-refractivity contribution in [3.05, 3.63) is 29.5 Å². The zero-order chi connectivity index (χ0) is 10.3. The summed E-state index contributed by atoms with van der Waals surface area (Å²) in [7, 11) is 0. The number of rotatable bonds is 1. The van der Waals surface area contributed by atoms with E-state index in [-0.39, 0.29) is 0 Å². The van der Waals surface area contributed by atoms with Crippen LogP contribution in [0.2, 0.25) is 0 Å². The Morgan fingerprint density at radius 3 is 3.27 bits per heavy atom. The van der Waals surface area contributed by atoms with Gasteiger partial charge in [-0.25, -0.2) is 4.98 Å². The summed E-state index contributed by atoms with van der Waals surface area (Å²) in [6.07, 6.45) is 4.62. The molecule has 1 aliphatic rings. The number of aromatic nitrogens is 2. The van der Waals surface area contributed by atoms with E-state index in [1.165, 1.54) is 17.1 Å². The van der Waals surface area contributed by atoms with Gasteiger partial charge in [0.05, 0.1) is 10.6 Å². The molecule has 0 bridgehead atoms. The minimum Gasteiger partial charge on any atom is -0.334 e. The predicted octanol–water partition coefficient (Wildman–Crippen LogP) is 3.19. The van der Waals surface area contributed by atoms with Crippen molar-refractivity contribution in [3.63, 3.8) is 0 Å². The van der Waals surface area contributed by atoms with Crippen molar-refractivity contribution < 1.29 is 0 Å². The highest BCUT2D eigenvalue weighted by molar-refractivity contribution is 7.13. The van der Waals surface area contributed by atoms with Gasteiger partial charge in [-0.1, -0.05) is 13.0 Å². The van der Waals surface area contributed by atoms with Gasteiger partial charge in [-0.05, 0) is 23.8 Å². The van der Waals surface area contributed by atoms with Gasteiger partial charge in [-0.2, -0.15) is 0 Å². The average Bonchev–Trinajstić information content (AvgIpc) is 2.84. The minimum absolute atomic E-state index is 0.794. The van der Waals surface area contributed by atoms with Gasteiger partial charge < -0.3 is 4.57 Å². The fourth-order valence-electron chi connectivity index (χ4n) is 2.16. The van der Waals surface area contributed by atoms with E-state index >= 15 is 0 Å². The molecular weight excluding hydrogens is 204 g/mol. The standard InChI is InChI=1S/C12H14N2S/c1-9-4-5-12-13-10(8-14(12)7-9)11-3-2-6-15-11/h2-3,6,8-9H,4-5,7H2,1H3. The van der Waals surface area contributed by atoms with Gasteiger partial charge in [-0.3, -0.25) is 0 Å². The van der Waals surface area contributed by atoms with Gasteiger partial charge in [0.2, 0.25) is 0 Å². The first-order valence-electron chi connectivity index (χ1n) is 5.43. The van der Waals surface area contributed by atoms with Crippen LogP contribution in [0.25, 0.3) is 10.6 Å². The molecule has 0 amide bonds. The molecule has 1 aliphatic heterocycles. The summed E-state index contributed by atoms with van der Waals surface area (Å²) in [5, 5.41) is 2.11. The maximum absolute atomic E-state index is 4.70. The number of thiophene rings is 1. The number of fused-ring (bicyclic) bond motifs is 1. The van der Waals surface area contributed by atoms with Crippen LogP contribution >= 0.6 is 11.3 Å². The Kier molecular flexibility index (Phi) is 2.13. The first kappa shape index (κ1) is 9.16. The average molecular weight is 218 g/mol. The largest absolute Gasteiger partial charge is 0.334 e. The smallest absolute Gasteiger partial charge is 0.109 e. The molecule has 0 fully saturated rings. The van der Waals surface area contributed by atoms with Gasteiger partial charge in [0.25, 0.3) is 0 Å². The van der Waals surface area contributed by atoms with E-state index in [4.69, 9.17) is 4.98 Å². The third kappa shape index (κ3) is 1.61. The molecule has 2 nitrogen and oxygen atoms in total. The topological polar surface area (TPSA) is 17.8 Å². The summed E-state index contributed by atoms with van der Waals surface area (Å²) in [4.78, 5) is 5.98. The number of imidazole rings is 1. The molecule has 0 N–H and O–H groups in total. The first-order valence-corrected chi connectivity index (χ1v) is 6.31. The van der Waals surface area contributed by atoms with Crippen molar-refractivity contribution >= 4 is 11.3 Å². The van der Waals surface area contributed by atoms with E-state index in [9.17, 15) is 0 Å². The first-order chi connectivity index (χ1) is 7.33. The minimum atomic E-state index is 0.794. The Morgan fingerprint density at radius 1 is 1.53 bits per heavy atom. The van der Waals surface area contributed by atoms with E-state index in [1.54, 1.807) is 11.3 Å². The molecule has 3 heterocycles. The number of nitrogens with zero attached hydrogens (tertiary/aromatic N) is 2. The normalized spacial score (nSPS) is 20.2. The highest BCUT2D eigenvalue weighted by Crippen LogP contribution is 2.27. The lowest BCUT2D eigenvalue weighted by atomic mass is 10.0. The van der Waals surface area contributed by atoms with Crippen molar-refractivity contribution in [2.45, 2.75) is 26.3 Å². The second-order valence-corrected chi connectivity index (χ2v) is 5.26. The highest BCUT2D eigenvalue weighted by atomic mass is 32.1. The third-order valence-corrected chi connectivity index (χ3v) is 3.89. The molecular formula is C12H14N2S. The van der Waals surface area contributed by atoms with E-state index in [0.29, 0.717) is 0 Å². The SMILES string of the molecule is CC1CCc2nc(-c3cccs3)cn2C1. The second kappa shape index (κ2) is 3.49. The zero-order valence-corrected chi connectivity index (χ0v) is 9.63. The van der Waals surface area contributed by atoms with Crippen molar-refractivity contribution in [3.8, 4) is 10.6 Å². The fourth-order valence-corrected chi connectivity index (χ4v) is 2.84. The van der Waals surface area contributed by atoms with Crippen LogP contribution in [0.5, 0.6) is 0 Å². The van der Waals surface area contributed by atoms with Crippen molar-refractivity contribution in [1.82, 2.24) is 9.55 Å². The molecule has 0 saturated heterocycles. The Balaban J connectivity index is 2.00. The Bertz CT molecular complexity index is 456. The lowest BCUT2D eigenvalue weighted by Crippen LogP contribution is -2.17. The molecule has 2 aromatic rings. The Labute approximate surface area is 93.6 Å². The molecule has 0 aliphatic carbocycles. The molecule has 1 unspecified atom stereocenters. The number of hydrogen-bond acceptors (Lipinski definition) is 2. The van der Waals surface area contributed by atoms with E-state index in [0.717, 1.165) is 24.6 Å². The molecule has 15 heavy (non-hydrogen) atoms. The molecule has 3 rings (SSSR count). The van der Waals surface area contributed by atoms with E-state index in [2.05, 4.69) is 35.2 Å². The van der Waals surface area contributed by atoms with Crippen LogP contribution in [0.1, 0.15) is 19.2 Å². The Morgan fingerprint density at radius 2 is 2.47 bits per heavy atom. The molecule has 0 aromatic carbocycles. The van der Waals surface area contributed by atoms with Gasteiger partial charge in [0, 0.05) is 19.2 Å². The van der Waals surface area contributed by atoms with Gasteiger partial charge in [-0.15, -0.1) is 11.3 Å². The molecule has 0 saturated carbocycles. The molecule has 2 aromatic heterocycles. The molecule has 0 spiro atoms. The molecule has 3 heteroatoms. The number of aryl methyl sites for hydroxylation is 1. The summed E-state index contributed by atoms with van der Waals surface area (Å²) in [6.45, 7) is 3.45. The molecule has 0 radical (unpaired) electrons. The van der Waals surface area contributed by atoms with Gasteiger partial charge in [0.15, 0.2) is 0 Å². The van der Waals surface area contributed by atoms with Gasteiger partial charge >= 0.3 is 0 Å². The summed E-state index contributed by atoms with van der Waals surface area (Å²) in [6, 6.07) is 4.23. The molecule has 78 valence electrons. The summed E-state index contributed by atoms with van der Waals surface area (Å²) >= 11 is 1.76. The third-order valence-electron chi connectivity index (χ3n) is 3.00. The summed E-state index contributed by atoms with van der Waals surface area (Å²) in [5.41, 5.74) is 1.15. The lowest BCUT2D eigenvalue weighted by molar-refractivity contribution is 0.394. The van der Waals surface area contributed by atoms with Gasteiger partial charge in [0.1, 0.15) is 5.82 Å². The van der Waals surface area contributed by atoms with Crippen LogP contribution in [0, 0.1) is 5.92 Å². The van der Waals surface area contributed by atoms with Crippen molar-refractivity contribution in [2.75, 3.05) is 0 Å². The molecule has 1 atom stereocenters. The van der Waals surface area contributed by atoms with Crippen molar-refractivity contribution in [1.29, 1.82) is 0 Å². The second-order valence-electron chi connectivity index (χ2n) is 4.32. The van der Waals surface area contributed by atoms with Crippen LogP contribution < -0.4 is 0 Å². The summed E-state index contributed by atoms with van der Waals surface area (Å²) in [5.74, 6) is 2.05. The van der Waals surface area contributed by atoms with Crippen LogP contribution in [0.4, 0.5) is 0 Å². The maximum atomic E-state index is 4.70. The van der Waals surface area contributed by atoms with Crippen LogP contribution in [0.3, 0.4) is 0 Å². The Hall–Kier alpha value is -1.09. The van der Waals surface area contributed by atoms with Crippen LogP contribution in [-0.4, -0.2) is 9.55 Å². The quantitative estimate of drug-likeness (QED) is 0.718. The van der Waals surface area contributed by atoms with Crippen LogP contribution in [0.15, 0.2) is 23.7 Å². The summed E-state index contributed by atoms with van der Waals surface area (Å²) < 4.78 is 2.32. The lowest BCUT2D eigenvalue weighted by Gasteiger charge is -2.19.